The van der Waals surface area contributed by atoms with Crippen LogP contribution in [0.3, 0.4) is 0 Å². The van der Waals surface area contributed by atoms with Crippen molar-refractivity contribution in [1.29, 1.82) is 0 Å². The Morgan fingerprint density at radius 1 is 0.879 bits per heavy atom. The summed E-state index contributed by atoms with van der Waals surface area (Å²) in [7, 11) is -3.68. The maximum atomic E-state index is 13.4. The van der Waals surface area contributed by atoms with Gasteiger partial charge in [-0.3, -0.25) is 4.79 Å². The smallest absolute Gasteiger partial charge is 0.254 e. The van der Waals surface area contributed by atoms with Crippen molar-refractivity contribution in [3.8, 4) is 0 Å². The Labute approximate surface area is 195 Å². The molecule has 1 fully saturated rings. The van der Waals surface area contributed by atoms with E-state index in [2.05, 4.69) is 18.2 Å². The zero-order valence-electron chi connectivity index (χ0n) is 18.6. The number of sulfonamides is 1. The third kappa shape index (κ3) is 4.45. The molecule has 3 aromatic carbocycles. The molecule has 0 aliphatic carbocycles. The van der Waals surface area contributed by atoms with Crippen LogP contribution in [0, 0.1) is 0 Å². The lowest BCUT2D eigenvalue weighted by Gasteiger charge is -2.28. The van der Waals surface area contributed by atoms with E-state index >= 15 is 0 Å². The molecule has 0 radical (unpaired) electrons. The van der Waals surface area contributed by atoms with E-state index in [9.17, 15) is 13.2 Å². The van der Waals surface area contributed by atoms with Crippen LogP contribution >= 0.6 is 0 Å². The minimum absolute atomic E-state index is 0.0885. The number of fused-ring (bicyclic) bond motifs is 1. The number of amides is 1. The van der Waals surface area contributed by atoms with E-state index in [4.69, 9.17) is 0 Å². The molecule has 0 bridgehead atoms. The molecule has 2 aliphatic heterocycles. The van der Waals surface area contributed by atoms with Gasteiger partial charge in [0.05, 0.1) is 4.90 Å². The molecule has 2 heterocycles. The second-order valence-corrected chi connectivity index (χ2v) is 10.8. The van der Waals surface area contributed by atoms with E-state index in [1.54, 1.807) is 24.3 Å². The van der Waals surface area contributed by atoms with Crippen molar-refractivity contribution in [1.82, 2.24) is 9.21 Å². The Bertz CT molecular complexity index is 1260. The van der Waals surface area contributed by atoms with Gasteiger partial charge in [0.25, 0.3) is 5.91 Å². The average molecular weight is 461 g/mol. The van der Waals surface area contributed by atoms with Gasteiger partial charge in [-0.25, -0.2) is 8.42 Å². The molecule has 1 saturated heterocycles. The van der Waals surface area contributed by atoms with Gasteiger partial charge in [0.1, 0.15) is 0 Å². The molecule has 0 saturated carbocycles. The summed E-state index contributed by atoms with van der Waals surface area (Å²) in [4.78, 5) is 15.5. The fraction of sp³-hybridized carbons (Fsp3) is 0.296. The normalized spacial score (nSPS) is 18.8. The fourth-order valence-electron chi connectivity index (χ4n) is 4.98. The minimum Gasteiger partial charge on any atom is -0.335 e. The van der Waals surface area contributed by atoms with Crippen LogP contribution in [0.15, 0.2) is 83.8 Å². The van der Waals surface area contributed by atoms with Gasteiger partial charge in [0.2, 0.25) is 10.0 Å². The lowest BCUT2D eigenvalue weighted by atomic mass is 10.0. The molecule has 3 aromatic rings. The average Bonchev–Trinajstić information content (AvgIpc) is 3.32. The maximum absolute atomic E-state index is 13.4. The molecule has 0 aromatic heterocycles. The first-order valence-electron chi connectivity index (χ1n) is 11.5. The van der Waals surface area contributed by atoms with Crippen molar-refractivity contribution in [2.24, 2.45) is 0 Å². The molecular weight excluding hydrogens is 432 g/mol. The molecule has 170 valence electrons. The van der Waals surface area contributed by atoms with Gasteiger partial charge in [-0.05, 0) is 60.6 Å². The van der Waals surface area contributed by atoms with Gasteiger partial charge < -0.3 is 4.90 Å². The van der Waals surface area contributed by atoms with Crippen molar-refractivity contribution in [2.45, 2.75) is 43.2 Å². The number of likely N-dealkylation sites (tertiary alicyclic amines) is 1. The first-order chi connectivity index (χ1) is 16.0. The Morgan fingerprint density at radius 2 is 1.64 bits per heavy atom. The number of benzene rings is 3. The first kappa shape index (κ1) is 21.9. The molecule has 33 heavy (non-hydrogen) atoms. The third-order valence-corrected chi connectivity index (χ3v) is 8.61. The van der Waals surface area contributed by atoms with E-state index in [0.29, 0.717) is 31.6 Å². The Hall–Kier alpha value is -2.96. The van der Waals surface area contributed by atoms with E-state index in [-0.39, 0.29) is 16.8 Å². The standard InChI is InChI=1S/C27H28N2O3S/c30-27(29-16-7-13-25(29)18-21-8-2-1-3-9-21)23-12-6-14-26(19-23)33(31,32)28-17-15-22-10-4-5-11-24(22)20-28/h1-6,8-12,14,19,25H,7,13,15-18,20H2. The second-order valence-electron chi connectivity index (χ2n) is 8.87. The zero-order chi connectivity index (χ0) is 22.8. The van der Waals surface area contributed by atoms with E-state index in [0.717, 1.165) is 24.8 Å². The van der Waals surface area contributed by atoms with Crippen LogP contribution in [-0.2, 0) is 29.4 Å². The number of carbonyl (C=O) groups excluding carboxylic acids is 1. The van der Waals surface area contributed by atoms with Crippen LogP contribution in [0.25, 0.3) is 0 Å². The molecule has 5 rings (SSSR count). The lowest BCUT2D eigenvalue weighted by molar-refractivity contribution is 0.0736. The fourth-order valence-corrected chi connectivity index (χ4v) is 6.45. The summed E-state index contributed by atoms with van der Waals surface area (Å²) in [6, 6.07) is 24.9. The van der Waals surface area contributed by atoms with Crippen LogP contribution in [0.5, 0.6) is 0 Å². The Balaban J connectivity index is 1.36. The summed E-state index contributed by atoms with van der Waals surface area (Å²) in [6.45, 7) is 1.51. The van der Waals surface area contributed by atoms with Crippen LogP contribution in [0.2, 0.25) is 0 Å². The molecule has 1 atom stereocenters. The predicted molar refractivity (Wildman–Crippen MR) is 128 cm³/mol. The van der Waals surface area contributed by atoms with E-state index in [1.165, 1.54) is 15.4 Å². The highest BCUT2D eigenvalue weighted by atomic mass is 32.2. The van der Waals surface area contributed by atoms with Crippen LogP contribution in [-0.4, -0.2) is 42.7 Å². The molecule has 0 spiro atoms. The Morgan fingerprint density at radius 3 is 2.45 bits per heavy atom. The molecule has 6 heteroatoms. The number of carbonyl (C=O) groups is 1. The monoisotopic (exact) mass is 460 g/mol. The van der Waals surface area contributed by atoms with Crippen molar-refractivity contribution in [2.75, 3.05) is 13.1 Å². The predicted octanol–water partition coefficient (Wildman–Crippen LogP) is 4.28. The molecule has 2 aliphatic rings. The lowest BCUT2D eigenvalue weighted by Crippen LogP contribution is -2.37. The zero-order valence-corrected chi connectivity index (χ0v) is 19.4. The van der Waals surface area contributed by atoms with Crippen LogP contribution < -0.4 is 0 Å². The highest BCUT2D eigenvalue weighted by Gasteiger charge is 2.32. The summed E-state index contributed by atoms with van der Waals surface area (Å²) in [5.74, 6) is -0.0885. The van der Waals surface area contributed by atoms with Crippen molar-refractivity contribution in [3.05, 3.63) is 101 Å². The number of nitrogens with zero attached hydrogens (tertiary/aromatic N) is 2. The molecule has 1 amide bonds. The number of hydrogen-bond donors (Lipinski definition) is 0. The largest absolute Gasteiger partial charge is 0.335 e. The summed E-state index contributed by atoms with van der Waals surface area (Å²) in [5, 5.41) is 0. The SMILES string of the molecule is O=C(c1cccc(S(=O)(=O)N2CCc3ccccc3C2)c1)N1CCCC1Cc1ccccc1. The molecule has 1 unspecified atom stereocenters. The van der Waals surface area contributed by atoms with Gasteiger partial charge in [-0.1, -0.05) is 60.7 Å². The third-order valence-electron chi connectivity index (χ3n) is 6.77. The Kier molecular flexibility index (Phi) is 6.04. The second kappa shape index (κ2) is 9.12. The van der Waals surface area contributed by atoms with Gasteiger partial charge >= 0.3 is 0 Å². The molecular formula is C27H28N2O3S. The topological polar surface area (TPSA) is 57.7 Å². The van der Waals surface area contributed by atoms with Gasteiger partial charge in [0.15, 0.2) is 0 Å². The van der Waals surface area contributed by atoms with Gasteiger partial charge in [-0.2, -0.15) is 4.31 Å². The number of hydrogen-bond acceptors (Lipinski definition) is 3. The van der Waals surface area contributed by atoms with E-state index < -0.39 is 10.0 Å². The molecule has 5 nitrogen and oxygen atoms in total. The first-order valence-corrected chi connectivity index (χ1v) is 13.0. The van der Waals surface area contributed by atoms with Crippen molar-refractivity contribution < 1.29 is 13.2 Å². The summed E-state index contributed by atoms with van der Waals surface area (Å²) >= 11 is 0. The van der Waals surface area contributed by atoms with E-state index in [1.807, 2.05) is 41.3 Å². The maximum Gasteiger partial charge on any atom is 0.254 e. The van der Waals surface area contributed by atoms with Crippen LogP contribution in [0.4, 0.5) is 0 Å². The summed E-state index contributed by atoms with van der Waals surface area (Å²) < 4.78 is 28.3. The quantitative estimate of drug-likeness (QED) is 0.571. The van der Waals surface area contributed by atoms with Gasteiger partial charge in [-0.15, -0.1) is 0 Å². The molecule has 0 N–H and O–H groups in total. The number of rotatable bonds is 5. The highest BCUT2D eigenvalue weighted by Crippen LogP contribution is 2.27. The van der Waals surface area contributed by atoms with Crippen molar-refractivity contribution in [3.63, 3.8) is 0 Å². The summed E-state index contributed by atoms with van der Waals surface area (Å²) in [6.07, 6.45) is 3.45. The van der Waals surface area contributed by atoms with Crippen molar-refractivity contribution >= 4 is 15.9 Å². The highest BCUT2D eigenvalue weighted by molar-refractivity contribution is 7.89. The summed E-state index contributed by atoms with van der Waals surface area (Å²) in [5.41, 5.74) is 3.89. The minimum atomic E-state index is -3.68. The van der Waals surface area contributed by atoms with Crippen LogP contribution in [0.1, 0.15) is 39.9 Å². The van der Waals surface area contributed by atoms with Gasteiger partial charge in [0, 0.05) is 31.2 Å².